The molecule has 1 N–H and O–H groups in total. The molecule has 0 spiro atoms. The summed E-state index contributed by atoms with van der Waals surface area (Å²) >= 11 is 13.2. The van der Waals surface area contributed by atoms with Crippen LogP contribution in [0.5, 0.6) is 11.5 Å². The predicted molar refractivity (Wildman–Crippen MR) is 109 cm³/mol. The maximum atomic E-state index is 12.3. The summed E-state index contributed by atoms with van der Waals surface area (Å²) in [7, 11) is 2.99. The number of halogens is 2. The number of benzene rings is 2. The van der Waals surface area contributed by atoms with Crippen molar-refractivity contribution in [2.24, 2.45) is 0 Å². The number of ether oxygens (including phenoxy) is 2. The third kappa shape index (κ3) is 4.89. The van der Waals surface area contributed by atoms with Crippen LogP contribution in [-0.2, 0) is 4.79 Å². The van der Waals surface area contributed by atoms with Crippen LogP contribution in [0.3, 0.4) is 0 Å². The summed E-state index contributed by atoms with van der Waals surface area (Å²) < 4.78 is 16.0. The fourth-order valence-electron chi connectivity index (χ4n) is 2.28. The quantitative estimate of drug-likeness (QED) is 0.529. The van der Waals surface area contributed by atoms with E-state index in [-0.39, 0.29) is 16.9 Å². The molecule has 146 valence electrons. The molecule has 0 bridgehead atoms. The lowest BCUT2D eigenvalue weighted by Gasteiger charge is -2.12. The van der Waals surface area contributed by atoms with Crippen molar-refractivity contribution in [3.05, 3.63) is 46.4 Å². The van der Waals surface area contributed by atoms with Gasteiger partial charge in [0.2, 0.25) is 11.8 Å². The van der Waals surface area contributed by atoms with E-state index < -0.39 is 0 Å². The van der Waals surface area contributed by atoms with Crippen LogP contribution in [0.2, 0.25) is 10.0 Å². The van der Waals surface area contributed by atoms with E-state index in [4.69, 9.17) is 37.1 Å². The molecule has 3 aromatic rings. The van der Waals surface area contributed by atoms with Gasteiger partial charge in [0.25, 0.3) is 5.22 Å². The topological polar surface area (TPSA) is 86.5 Å². The van der Waals surface area contributed by atoms with Gasteiger partial charge in [-0.1, -0.05) is 41.0 Å². The smallest absolute Gasteiger partial charge is 0.277 e. The first kappa shape index (κ1) is 20.3. The molecule has 1 aromatic heterocycles. The lowest BCUT2D eigenvalue weighted by Crippen LogP contribution is -2.14. The number of thioether (sulfide) groups is 1. The minimum Gasteiger partial charge on any atom is -0.495 e. The van der Waals surface area contributed by atoms with E-state index in [1.165, 1.54) is 14.2 Å². The lowest BCUT2D eigenvalue weighted by molar-refractivity contribution is -0.113. The molecule has 0 atom stereocenters. The molecule has 10 heteroatoms. The molecule has 0 saturated heterocycles. The average Bonchev–Trinajstić information content (AvgIpc) is 3.16. The van der Waals surface area contributed by atoms with Gasteiger partial charge in [-0.05, 0) is 24.3 Å². The third-order valence-corrected chi connectivity index (χ3v) is 4.90. The Morgan fingerprint density at radius 2 is 1.93 bits per heavy atom. The maximum Gasteiger partial charge on any atom is 0.277 e. The third-order valence-electron chi connectivity index (χ3n) is 3.55. The van der Waals surface area contributed by atoms with Crippen LogP contribution in [0.25, 0.3) is 11.5 Å². The second-order valence-corrected chi connectivity index (χ2v) is 7.18. The first-order valence-corrected chi connectivity index (χ1v) is 9.68. The Hall–Kier alpha value is -2.42. The van der Waals surface area contributed by atoms with Crippen LogP contribution >= 0.6 is 35.0 Å². The minimum absolute atomic E-state index is 0.0595. The van der Waals surface area contributed by atoms with Crippen LogP contribution < -0.4 is 14.8 Å². The van der Waals surface area contributed by atoms with Crippen molar-refractivity contribution in [1.82, 2.24) is 10.2 Å². The second-order valence-electron chi connectivity index (χ2n) is 5.41. The van der Waals surface area contributed by atoms with Gasteiger partial charge in [0.15, 0.2) is 0 Å². The van der Waals surface area contributed by atoms with Gasteiger partial charge in [0, 0.05) is 16.7 Å². The number of methoxy groups -OCH3 is 2. The van der Waals surface area contributed by atoms with Crippen molar-refractivity contribution in [3.8, 4) is 23.0 Å². The number of nitrogens with one attached hydrogen (secondary N) is 1. The molecule has 2 aromatic carbocycles. The highest BCUT2D eigenvalue weighted by Crippen LogP contribution is 2.36. The zero-order valence-electron chi connectivity index (χ0n) is 14.9. The number of carbonyl (C=O) groups is 1. The summed E-state index contributed by atoms with van der Waals surface area (Å²) in [6.07, 6.45) is 0. The van der Waals surface area contributed by atoms with Gasteiger partial charge in [-0.3, -0.25) is 4.79 Å². The SMILES string of the molecule is COc1cc(OC)c(NC(=O)CSc2nnc(-c3cccc(Cl)c3)o2)cc1Cl. The highest BCUT2D eigenvalue weighted by molar-refractivity contribution is 7.99. The Bertz CT molecular complexity index is 997. The summed E-state index contributed by atoms with van der Waals surface area (Å²) in [6, 6.07) is 10.2. The first-order chi connectivity index (χ1) is 13.5. The van der Waals surface area contributed by atoms with E-state index in [2.05, 4.69) is 15.5 Å². The van der Waals surface area contributed by atoms with Crippen molar-refractivity contribution in [2.45, 2.75) is 5.22 Å². The van der Waals surface area contributed by atoms with Crippen molar-refractivity contribution < 1.29 is 18.7 Å². The van der Waals surface area contributed by atoms with Crippen LogP contribution in [0, 0.1) is 0 Å². The standard InChI is InChI=1S/C18H15Cl2N3O4S/c1-25-14-8-15(26-2)13(7-12(14)20)21-16(24)9-28-18-23-22-17(27-18)10-4-3-5-11(19)6-10/h3-8H,9H2,1-2H3,(H,21,24). The average molecular weight is 440 g/mol. The minimum atomic E-state index is -0.285. The molecule has 7 nitrogen and oxygen atoms in total. The van der Waals surface area contributed by atoms with Crippen LogP contribution in [0.1, 0.15) is 0 Å². The monoisotopic (exact) mass is 439 g/mol. The Morgan fingerprint density at radius 3 is 2.64 bits per heavy atom. The molecule has 1 amide bonds. The Morgan fingerprint density at radius 1 is 1.14 bits per heavy atom. The van der Waals surface area contributed by atoms with Gasteiger partial charge < -0.3 is 19.2 Å². The van der Waals surface area contributed by atoms with Crippen LogP contribution in [0.4, 0.5) is 5.69 Å². The van der Waals surface area contributed by atoms with Crippen LogP contribution in [0.15, 0.2) is 46.0 Å². The summed E-state index contributed by atoms with van der Waals surface area (Å²) in [4.78, 5) is 12.3. The Balaban J connectivity index is 1.63. The van der Waals surface area contributed by atoms with Gasteiger partial charge in [-0.2, -0.15) is 0 Å². The number of amides is 1. The summed E-state index contributed by atoms with van der Waals surface area (Å²) in [5.74, 6) is 0.983. The van der Waals surface area contributed by atoms with Crippen molar-refractivity contribution >= 4 is 46.6 Å². The number of hydrogen-bond donors (Lipinski definition) is 1. The van der Waals surface area contributed by atoms with E-state index in [9.17, 15) is 4.79 Å². The first-order valence-electron chi connectivity index (χ1n) is 7.93. The molecule has 0 aliphatic heterocycles. The van der Waals surface area contributed by atoms with Crippen LogP contribution in [-0.4, -0.2) is 36.1 Å². The lowest BCUT2D eigenvalue weighted by atomic mass is 10.2. The number of carbonyl (C=O) groups excluding carboxylic acids is 1. The molecular weight excluding hydrogens is 425 g/mol. The summed E-state index contributed by atoms with van der Waals surface area (Å²) in [5.41, 5.74) is 1.14. The summed E-state index contributed by atoms with van der Waals surface area (Å²) in [6.45, 7) is 0. The summed E-state index contributed by atoms with van der Waals surface area (Å²) in [5, 5.41) is 11.8. The van der Waals surface area contributed by atoms with Gasteiger partial charge in [0.1, 0.15) is 11.5 Å². The van der Waals surface area contributed by atoms with E-state index in [1.807, 2.05) is 0 Å². The fraction of sp³-hybridized carbons (Fsp3) is 0.167. The largest absolute Gasteiger partial charge is 0.495 e. The number of nitrogens with zero attached hydrogens (tertiary/aromatic N) is 2. The zero-order chi connectivity index (χ0) is 20.1. The maximum absolute atomic E-state index is 12.3. The van der Waals surface area contributed by atoms with E-state index in [0.29, 0.717) is 38.7 Å². The molecule has 0 radical (unpaired) electrons. The molecule has 3 rings (SSSR count). The molecular formula is C18H15Cl2N3O4S. The molecule has 28 heavy (non-hydrogen) atoms. The predicted octanol–water partition coefficient (Wildman–Crippen LogP) is 4.79. The highest BCUT2D eigenvalue weighted by atomic mass is 35.5. The number of anilines is 1. The Labute approximate surface area is 175 Å². The number of rotatable bonds is 7. The number of hydrogen-bond acceptors (Lipinski definition) is 7. The Kier molecular flexibility index (Phi) is 6.66. The molecule has 1 heterocycles. The molecule has 0 fully saturated rings. The molecule has 0 aliphatic carbocycles. The second kappa shape index (κ2) is 9.18. The van der Waals surface area contributed by atoms with Crippen molar-refractivity contribution in [1.29, 1.82) is 0 Å². The normalized spacial score (nSPS) is 10.6. The van der Waals surface area contributed by atoms with E-state index in [1.54, 1.807) is 36.4 Å². The molecule has 0 saturated carbocycles. The van der Waals surface area contributed by atoms with Gasteiger partial charge in [-0.25, -0.2) is 0 Å². The van der Waals surface area contributed by atoms with Gasteiger partial charge in [0.05, 0.1) is 30.7 Å². The van der Waals surface area contributed by atoms with E-state index in [0.717, 1.165) is 11.8 Å². The van der Waals surface area contributed by atoms with Gasteiger partial charge in [-0.15, -0.1) is 10.2 Å². The van der Waals surface area contributed by atoms with Crippen molar-refractivity contribution in [2.75, 3.05) is 25.3 Å². The highest BCUT2D eigenvalue weighted by Gasteiger charge is 2.15. The fourth-order valence-corrected chi connectivity index (χ4v) is 3.27. The van der Waals surface area contributed by atoms with Gasteiger partial charge >= 0.3 is 0 Å². The molecule has 0 aliphatic rings. The zero-order valence-corrected chi connectivity index (χ0v) is 17.2. The van der Waals surface area contributed by atoms with Crippen molar-refractivity contribution in [3.63, 3.8) is 0 Å². The van der Waals surface area contributed by atoms with E-state index >= 15 is 0 Å². The number of aromatic nitrogens is 2. The molecule has 0 unspecified atom stereocenters.